The van der Waals surface area contributed by atoms with Gasteiger partial charge in [-0.3, -0.25) is 19.3 Å². The molecule has 0 radical (unpaired) electrons. The summed E-state index contributed by atoms with van der Waals surface area (Å²) in [6.45, 7) is 3.13. The number of amides is 3. The third kappa shape index (κ3) is 4.28. The topological polar surface area (TPSA) is 102 Å². The number of benzene rings is 1. The van der Waals surface area contributed by atoms with Crippen LogP contribution in [-0.4, -0.2) is 42.8 Å². The number of nitrogens with zero attached hydrogens (tertiary/aromatic N) is 1. The van der Waals surface area contributed by atoms with Crippen molar-refractivity contribution in [2.24, 2.45) is 5.73 Å². The minimum Gasteiger partial charge on any atom is -0.495 e. The third-order valence-corrected chi connectivity index (χ3v) is 2.78. The Labute approximate surface area is 123 Å². The van der Waals surface area contributed by atoms with Gasteiger partial charge >= 0.3 is 11.8 Å². The van der Waals surface area contributed by atoms with Gasteiger partial charge in [0, 0.05) is 20.0 Å². The van der Waals surface area contributed by atoms with Crippen molar-refractivity contribution in [3.8, 4) is 5.75 Å². The molecule has 3 N–H and O–H groups in total. The maximum Gasteiger partial charge on any atom is 0.318 e. The van der Waals surface area contributed by atoms with Crippen LogP contribution in [0.15, 0.2) is 18.2 Å². The molecular formula is C14H19N3O4. The minimum atomic E-state index is -0.948. The Kier molecular flexibility index (Phi) is 5.86. The molecule has 0 fully saturated rings. The van der Waals surface area contributed by atoms with E-state index in [4.69, 9.17) is 10.5 Å². The lowest BCUT2D eigenvalue weighted by Gasteiger charge is -2.18. The molecule has 7 nitrogen and oxygen atoms in total. The van der Waals surface area contributed by atoms with Crippen LogP contribution in [0.5, 0.6) is 5.75 Å². The van der Waals surface area contributed by atoms with E-state index in [9.17, 15) is 14.4 Å². The van der Waals surface area contributed by atoms with Gasteiger partial charge in [0.05, 0.1) is 12.8 Å². The summed E-state index contributed by atoms with van der Waals surface area (Å²) in [7, 11) is 1.46. The Morgan fingerprint density at radius 2 is 2.00 bits per heavy atom. The van der Waals surface area contributed by atoms with Gasteiger partial charge in [-0.1, -0.05) is 6.07 Å². The molecule has 0 unspecified atom stereocenters. The van der Waals surface area contributed by atoms with E-state index < -0.39 is 17.7 Å². The highest BCUT2D eigenvalue weighted by molar-refractivity contribution is 6.41. The number of nitrogens with two attached hydrogens (primary N) is 1. The van der Waals surface area contributed by atoms with E-state index >= 15 is 0 Å². The number of hydrogen-bond acceptors (Lipinski definition) is 5. The number of imide groups is 1. The van der Waals surface area contributed by atoms with Gasteiger partial charge in [0.1, 0.15) is 5.75 Å². The highest BCUT2D eigenvalue weighted by Crippen LogP contribution is 2.25. The van der Waals surface area contributed by atoms with Crippen molar-refractivity contribution in [1.29, 1.82) is 0 Å². The second kappa shape index (κ2) is 7.39. The van der Waals surface area contributed by atoms with E-state index in [0.717, 1.165) is 10.5 Å². The summed E-state index contributed by atoms with van der Waals surface area (Å²) >= 11 is 0. The van der Waals surface area contributed by atoms with Gasteiger partial charge in [0.15, 0.2) is 0 Å². The van der Waals surface area contributed by atoms with Crippen LogP contribution >= 0.6 is 0 Å². The SMILES string of the molecule is COc1ccc(C)cc1NC(=O)C(=O)N(CCN)C(C)=O. The lowest BCUT2D eigenvalue weighted by molar-refractivity contribution is -0.149. The smallest absolute Gasteiger partial charge is 0.318 e. The van der Waals surface area contributed by atoms with Crippen molar-refractivity contribution in [1.82, 2.24) is 4.90 Å². The van der Waals surface area contributed by atoms with E-state index in [0.29, 0.717) is 11.4 Å². The number of methoxy groups -OCH3 is 1. The quantitative estimate of drug-likeness (QED) is 0.776. The minimum absolute atomic E-state index is 0.00740. The van der Waals surface area contributed by atoms with Crippen molar-refractivity contribution >= 4 is 23.4 Å². The average molecular weight is 293 g/mol. The van der Waals surface area contributed by atoms with Crippen LogP contribution in [0.3, 0.4) is 0 Å². The molecule has 0 bridgehead atoms. The number of rotatable bonds is 4. The number of aryl methyl sites for hydroxylation is 1. The van der Waals surface area contributed by atoms with Crippen LogP contribution in [0.4, 0.5) is 5.69 Å². The predicted octanol–water partition coefficient (Wildman–Crippen LogP) is 0.276. The second-order valence-electron chi connectivity index (χ2n) is 4.42. The summed E-state index contributed by atoms with van der Waals surface area (Å²) in [5.41, 5.74) is 6.59. The zero-order valence-corrected chi connectivity index (χ0v) is 12.3. The van der Waals surface area contributed by atoms with Gasteiger partial charge in [-0.2, -0.15) is 0 Å². The van der Waals surface area contributed by atoms with E-state index in [1.54, 1.807) is 12.1 Å². The van der Waals surface area contributed by atoms with Crippen LogP contribution in [0.25, 0.3) is 0 Å². The standard InChI is InChI=1S/C14H19N3O4/c1-9-4-5-12(21-3)11(8-9)16-13(19)14(20)17(7-6-15)10(2)18/h4-5,8H,6-7,15H2,1-3H3,(H,16,19). The lowest BCUT2D eigenvalue weighted by Crippen LogP contribution is -2.44. The molecule has 0 saturated carbocycles. The van der Waals surface area contributed by atoms with Crippen LogP contribution in [0, 0.1) is 6.92 Å². The molecule has 0 spiro atoms. The molecule has 7 heteroatoms. The fraction of sp³-hybridized carbons (Fsp3) is 0.357. The molecule has 0 aliphatic heterocycles. The number of ether oxygens (including phenoxy) is 1. The first-order valence-corrected chi connectivity index (χ1v) is 6.38. The number of carbonyl (C=O) groups excluding carboxylic acids is 3. The van der Waals surface area contributed by atoms with E-state index in [2.05, 4.69) is 5.32 Å². The Bertz CT molecular complexity index is 557. The maximum atomic E-state index is 12.0. The highest BCUT2D eigenvalue weighted by Gasteiger charge is 2.25. The van der Waals surface area contributed by atoms with Crippen molar-refractivity contribution in [3.63, 3.8) is 0 Å². The number of hydrogen-bond donors (Lipinski definition) is 2. The first-order valence-electron chi connectivity index (χ1n) is 6.38. The first-order chi connectivity index (χ1) is 9.90. The summed E-state index contributed by atoms with van der Waals surface area (Å²) in [6.07, 6.45) is 0. The van der Waals surface area contributed by atoms with Gasteiger partial charge in [-0.15, -0.1) is 0 Å². The second-order valence-corrected chi connectivity index (χ2v) is 4.42. The Balaban J connectivity index is 2.92. The molecule has 0 heterocycles. The summed E-state index contributed by atoms with van der Waals surface area (Å²) in [4.78, 5) is 36.1. The molecule has 114 valence electrons. The average Bonchev–Trinajstić information content (AvgIpc) is 2.44. The monoisotopic (exact) mass is 293 g/mol. The fourth-order valence-corrected chi connectivity index (χ4v) is 1.75. The summed E-state index contributed by atoms with van der Waals surface area (Å²) < 4.78 is 5.11. The Hall–Kier alpha value is -2.41. The molecule has 1 rings (SSSR count). The number of nitrogens with one attached hydrogen (secondary N) is 1. The maximum absolute atomic E-state index is 12.0. The molecule has 1 aromatic rings. The van der Waals surface area contributed by atoms with E-state index in [-0.39, 0.29) is 13.1 Å². The molecule has 0 aliphatic carbocycles. The van der Waals surface area contributed by atoms with E-state index in [1.807, 2.05) is 13.0 Å². The molecule has 0 saturated heterocycles. The van der Waals surface area contributed by atoms with Crippen molar-refractivity contribution in [2.45, 2.75) is 13.8 Å². The highest BCUT2D eigenvalue weighted by atomic mass is 16.5. The van der Waals surface area contributed by atoms with Crippen LogP contribution in [-0.2, 0) is 14.4 Å². The fourth-order valence-electron chi connectivity index (χ4n) is 1.75. The van der Waals surface area contributed by atoms with Crippen LogP contribution < -0.4 is 15.8 Å². The van der Waals surface area contributed by atoms with Gasteiger partial charge in [0.25, 0.3) is 0 Å². The molecule has 3 amide bonds. The van der Waals surface area contributed by atoms with Crippen molar-refractivity contribution in [3.05, 3.63) is 23.8 Å². The summed E-state index contributed by atoms with van der Waals surface area (Å²) in [5, 5.41) is 2.45. The third-order valence-electron chi connectivity index (χ3n) is 2.78. The lowest BCUT2D eigenvalue weighted by atomic mass is 10.2. The van der Waals surface area contributed by atoms with E-state index in [1.165, 1.54) is 14.0 Å². The molecule has 0 atom stereocenters. The van der Waals surface area contributed by atoms with Crippen LogP contribution in [0.2, 0.25) is 0 Å². The molecule has 1 aromatic carbocycles. The number of carbonyl (C=O) groups is 3. The van der Waals surface area contributed by atoms with Gasteiger partial charge in [-0.05, 0) is 24.6 Å². The number of anilines is 1. The van der Waals surface area contributed by atoms with Gasteiger partial charge in [-0.25, -0.2) is 0 Å². The summed E-state index contributed by atoms with van der Waals surface area (Å²) in [6, 6.07) is 5.16. The van der Waals surface area contributed by atoms with Crippen molar-refractivity contribution in [2.75, 3.05) is 25.5 Å². The normalized spacial score (nSPS) is 9.90. The molecule has 0 aromatic heterocycles. The molecule has 21 heavy (non-hydrogen) atoms. The Morgan fingerprint density at radius 1 is 1.33 bits per heavy atom. The molecular weight excluding hydrogens is 274 g/mol. The first kappa shape index (κ1) is 16.6. The zero-order valence-electron chi connectivity index (χ0n) is 12.3. The summed E-state index contributed by atoms with van der Waals surface area (Å²) in [5.74, 6) is -1.97. The largest absolute Gasteiger partial charge is 0.495 e. The van der Waals surface area contributed by atoms with Gasteiger partial charge < -0.3 is 15.8 Å². The zero-order chi connectivity index (χ0) is 16.0. The van der Waals surface area contributed by atoms with Gasteiger partial charge in [0.2, 0.25) is 5.91 Å². The Morgan fingerprint density at radius 3 is 2.52 bits per heavy atom. The van der Waals surface area contributed by atoms with Crippen molar-refractivity contribution < 1.29 is 19.1 Å². The predicted molar refractivity (Wildman–Crippen MR) is 77.8 cm³/mol. The molecule has 0 aliphatic rings. The van der Waals surface area contributed by atoms with Crippen LogP contribution in [0.1, 0.15) is 12.5 Å².